The van der Waals surface area contributed by atoms with Gasteiger partial charge in [0.05, 0.1) is 10.9 Å². The van der Waals surface area contributed by atoms with Crippen LogP contribution in [0, 0.1) is 0 Å². The van der Waals surface area contributed by atoms with E-state index in [1.807, 2.05) is 13.8 Å². The first-order valence-electron chi connectivity index (χ1n) is 9.73. The average molecular weight is 382 g/mol. The van der Waals surface area contributed by atoms with Gasteiger partial charge in [-0.2, -0.15) is 9.40 Å². The molecule has 1 saturated heterocycles. The van der Waals surface area contributed by atoms with E-state index in [-0.39, 0.29) is 5.25 Å². The van der Waals surface area contributed by atoms with E-state index in [1.165, 1.54) is 0 Å². The molecule has 1 fully saturated rings. The van der Waals surface area contributed by atoms with Gasteiger partial charge in [0.1, 0.15) is 0 Å². The van der Waals surface area contributed by atoms with Crippen molar-refractivity contribution in [1.29, 1.82) is 0 Å². The lowest BCUT2D eigenvalue weighted by molar-refractivity contribution is 0.311. The SMILES string of the molecule is CCCC(CC)S(=O)(=O)N1CCc2nnc(N3CCN(C)CC3)cc2C1. The number of fused-ring (bicyclic) bond motifs is 1. The first-order chi connectivity index (χ1) is 12.5. The molecule has 3 heterocycles. The summed E-state index contributed by atoms with van der Waals surface area (Å²) in [5.41, 5.74) is 1.95. The Balaban J connectivity index is 1.78. The zero-order chi connectivity index (χ0) is 18.7. The van der Waals surface area contributed by atoms with E-state index < -0.39 is 10.0 Å². The Morgan fingerprint density at radius 1 is 1.12 bits per heavy atom. The molecule has 2 aliphatic heterocycles. The van der Waals surface area contributed by atoms with Gasteiger partial charge in [-0.3, -0.25) is 0 Å². The normalized spacial score (nSPS) is 20.8. The summed E-state index contributed by atoms with van der Waals surface area (Å²) >= 11 is 0. The van der Waals surface area contributed by atoms with E-state index in [0.29, 0.717) is 25.9 Å². The van der Waals surface area contributed by atoms with Gasteiger partial charge in [-0.25, -0.2) is 8.42 Å². The molecule has 1 unspecified atom stereocenters. The Bertz CT molecular complexity index is 716. The summed E-state index contributed by atoms with van der Waals surface area (Å²) in [7, 11) is -1.14. The summed E-state index contributed by atoms with van der Waals surface area (Å²) in [4.78, 5) is 4.54. The number of anilines is 1. The van der Waals surface area contributed by atoms with Gasteiger partial charge in [-0.15, -0.1) is 5.10 Å². The van der Waals surface area contributed by atoms with Crippen molar-refractivity contribution in [1.82, 2.24) is 19.4 Å². The number of hydrogen-bond acceptors (Lipinski definition) is 6. The fourth-order valence-electron chi connectivity index (χ4n) is 3.79. The number of rotatable bonds is 6. The van der Waals surface area contributed by atoms with Crippen LogP contribution in [0.4, 0.5) is 5.82 Å². The van der Waals surface area contributed by atoms with Crippen molar-refractivity contribution < 1.29 is 8.42 Å². The Labute approximate surface area is 157 Å². The van der Waals surface area contributed by atoms with Gasteiger partial charge < -0.3 is 9.80 Å². The van der Waals surface area contributed by atoms with Crippen molar-refractivity contribution in [3.8, 4) is 0 Å². The number of piperazine rings is 1. The number of aromatic nitrogens is 2. The molecular formula is C18H31N5O2S. The molecule has 146 valence electrons. The van der Waals surface area contributed by atoms with Gasteiger partial charge in [0, 0.05) is 45.7 Å². The van der Waals surface area contributed by atoms with Gasteiger partial charge in [-0.1, -0.05) is 20.3 Å². The molecule has 8 heteroatoms. The average Bonchev–Trinajstić information content (AvgIpc) is 2.65. The van der Waals surface area contributed by atoms with Crippen LogP contribution in [0.15, 0.2) is 6.07 Å². The summed E-state index contributed by atoms with van der Waals surface area (Å²) in [6.45, 7) is 8.82. The predicted octanol–water partition coefficient (Wildman–Crippen LogP) is 1.50. The third-order valence-electron chi connectivity index (χ3n) is 5.57. The van der Waals surface area contributed by atoms with Crippen LogP contribution in [0.3, 0.4) is 0 Å². The van der Waals surface area contributed by atoms with Crippen molar-refractivity contribution in [2.24, 2.45) is 0 Å². The van der Waals surface area contributed by atoms with Crippen LogP contribution in [-0.4, -0.2) is 72.8 Å². The van der Waals surface area contributed by atoms with Crippen LogP contribution in [0.5, 0.6) is 0 Å². The van der Waals surface area contributed by atoms with Crippen molar-refractivity contribution in [3.05, 3.63) is 17.3 Å². The van der Waals surface area contributed by atoms with Crippen LogP contribution in [0.2, 0.25) is 0 Å². The Morgan fingerprint density at radius 2 is 1.85 bits per heavy atom. The lowest BCUT2D eigenvalue weighted by Crippen LogP contribution is -2.45. The van der Waals surface area contributed by atoms with Crippen LogP contribution >= 0.6 is 0 Å². The first kappa shape index (κ1) is 19.5. The van der Waals surface area contributed by atoms with E-state index in [2.05, 4.69) is 33.1 Å². The fraction of sp³-hybridized carbons (Fsp3) is 0.778. The Morgan fingerprint density at radius 3 is 2.50 bits per heavy atom. The van der Waals surface area contributed by atoms with Crippen LogP contribution in [-0.2, 0) is 23.0 Å². The molecule has 7 nitrogen and oxygen atoms in total. The highest BCUT2D eigenvalue weighted by atomic mass is 32.2. The highest BCUT2D eigenvalue weighted by Crippen LogP contribution is 2.26. The van der Waals surface area contributed by atoms with Gasteiger partial charge in [-0.05, 0) is 31.5 Å². The highest BCUT2D eigenvalue weighted by molar-refractivity contribution is 7.89. The molecule has 0 spiro atoms. The summed E-state index contributed by atoms with van der Waals surface area (Å²) in [6, 6.07) is 2.05. The van der Waals surface area contributed by atoms with E-state index in [1.54, 1.807) is 4.31 Å². The van der Waals surface area contributed by atoms with E-state index in [4.69, 9.17) is 0 Å². The molecule has 0 amide bonds. The summed E-state index contributed by atoms with van der Waals surface area (Å²) in [6.07, 6.45) is 2.93. The molecule has 0 saturated carbocycles. The number of nitrogens with zero attached hydrogens (tertiary/aromatic N) is 5. The second kappa shape index (κ2) is 8.19. The molecule has 3 rings (SSSR count). The minimum absolute atomic E-state index is 0.277. The molecule has 0 bridgehead atoms. The quantitative estimate of drug-likeness (QED) is 0.744. The number of hydrogen-bond donors (Lipinski definition) is 0. The molecule has 0 N–H and O–H groups in total. The predicted molar refractivity (Wildman–Crippen MR) is 104 cm³/mol. The summed E-state index contributed by atoms with van der Waals surface area (Å²) in [5.74, 6) is 0.872. The minimum Gasteiger partial charge on any atom is -0.353 e. The van der Waals surface area contributed by atoms with Gasteiger partial charge in [0.25, 0.3) is 0 Å². The lowest BCUT2D eigenvalue weighted by atomic mass is 10.1. The summed E-state index contributed by atoms with van der Waals surface area (Å²) < 4.78 is 27.7. The highest BCUT2D eigenvalue weighted by Gasteiger charge is 2.33. The van der Waals surface area contributed by atoms with Gasteiger partial charge in [0.15, 0.2) is 5.82 Å². The third-order valence-corrected chi connectivity index (χ3v) is 8.01. The van der Waals surface area contributed by atoms with E-state index in [9.17, 15) is 8.42 Å². The maximum atomic E-state index is 13.0. The molecule has 26 heavy (non-hydrogen) atoms. The number of likely N-dealkylation sites (N-methyl/N-ethyl adjacent to an activating group) is 1. The first-order valence-corrected chi connectivity index (χ1v) is 11.2. The molecular weight excluding hydrogens is 350 g/mol. The monoisotopic (exact) mass is 381 g/mol. The molecule has 2 aliphatic rings. The minimum atomic E-state index is -3.26. The lowest BCUT2D eigenvalue weighted by Gasteiger charge is -2.34. The Kier molecular flexibility index (Phi) is 6.14. The largest absolute Gasteiger partial charge is 0.353 e. The summed E-state index contributed by atoms with van der Waals surface area (Å²) in [5, 5.41) is 8.53. The topological polar surface area (TPSA) is 69.6 Å². The van der Waals surface area contributed by atoms with Crippen LogP contribution in [0.25, 0.3) is 0 Å². The van der Waals surface area contributed by atoms with Crippen LogP contribution in [0.1, 0.15) is 44.4 Å². The maximum Gasteiger partial charge on any atom is 0.217 e. The van der Waals surface area contributed by atoms with E-state index >= 15 is 0 Å². The van der Waals surface area contributed by atoms with Gasteiger partial charge in [0.2, 0.25) is 10.0 Å². The molecule has 1 aromatic heterocycles. The fourth-order valence-corrected chi connectivity index (χ4v) is 5.84. The second-order valence-electron chi connectivity index (χ2n) is 7.41. The van der Waals surface area contributed by atoms with Crippen molar-refractivity contribution in [3.63, 3.8) is 0 Å². The molecule has 0 aromatic carbocycles. The number of sulfonamides is 1. The Hall–Kier alpha value is -1.25. The zero-order valence-corrected chi connectivity index (χ0v) is 17.0. The van der Waals surface area contributed by atoms with Crippen molar-refractivity contribution in [2.75, 3.05) is 44.7 Å². The smallest absolute Gasteiger partial charge is 0.217 e. The molecule has 1 aromatic rings. The molecule has 0 radical (unpaired) electrons. The van der Waals surface area contributed by atoms with Crippen molar-refractivity contribution in [2.45, 2.75) is 51.3 Å². The standard InChI is InChI=1S/C18H31N5O2S/c1-4-6-16(5-2)26(24,25)23-8-7-17-15(14-23)13-18(20-19-17)22-11-9-21(3)10-12-22/h13,16H,4-12,14H2,1-3H3. The second-order valence-corrected chi connectivity index (χ2v) is 9.63. The van der Waals surface area contributed by atoms with Crippen LogP contribution < -0.4 is 4.90 Å². The zero-order valence-electron chi connectivity index (χ0n) is 16.2. The van der Waals surface area contributed by atoms with Crippen molar-refractivity contribution >= 4 is 15.8 Å². The maximum absolute atomic E-state index is 13.0. The van der Waals surface area contributed by atoms with E-state index in [0.717, 1.165) is 56.1 Å². The van der Waals surface area contributed by atoms with Gasteiger partial charge >= 0.3 is 0 Å². The molecule has 1 atom stereocenters. The third kappa shape index (κ3) is 4.02. The molecule has 0 aliphatic carbocycles.